The molecule has 0 saturated heterocycles. The van der Waals surface area contributed by atoms with Crippen molar-refractivity contribution in [3.05, 3.63) is 18.5 Å². The Kier molecular flexibility index (Phi) is 1.53. The van der Waals surface area contributed by atoms with E-state index in [1.165, 1.54) is 12.1 Å². The minimum absolute atomic E-state index is 0.363. The maximum atomic E-state index is 5.36. The highest BCUT2D eigenvalue weighted by molar-refractivity contribution is 5.47. The molecule has 0 aliphatic rings. The van der Waals surface area contributed by atoms with Gasteiger partial charge >= 0.3 is 0 Å². The summed E-state index contributed by atoms with van der Waals surface area (Å²) in [4.78, 5) is 7.64. The van der Waals surface area contributed by atoms with Crippen LogP contribution in [0.3, 0.4) is 0 Å². The molecule has 0 spiro atoms. The van der Waals surface area contributed by atoms with Crippen LogP contribution in [0.25, 0.3) is 6.08 Å². The minimum Gasteiger partial charge on any atom is -0.384 e. The van der Waals surface area contributed by atoms with Crippen molar-refractivity contribution in [3.63, 3.8) is 0 Å². The lowest BCUT2D eigenvalue weighted by Crippen LogP contribution is -1.99. The predicted molar refractivity (Wildman–Crippen MR) is 40.9 cm³/mol. The average Bonchev–Trinajstić information content (AvgIpc) is 1.85. The Morgan fingerprint density at radius 3 is 2.20 bits per heavy atom. The van der Waals surface area contributed by atoms with Crippen molar-refractivity contribution in [1.29, 1.82) is 0 Å². The van der Waals surface area contributed by atoms with Gasteiger partial charge in [0, 0.05) is 6.07 Å². The van der Waals surface area contributed by atoms with Crippen molar-refractivity contribution in [2.24, 2.45) is 0 Å². The first-order valence-electron chi connectivity index (χ1n) is 2.75. The number of nitrogen functional groups attached to an aromatic ring is 2. The highest BCUT2D eigenvalue weighted by Gasteiger charge is 1.93. The summed E-state index contributed by atoms with van der Waals surface area (Å²) in [6.45, 7) is 3.48. The molecular weight excluding hydrogens is 128 g/mol. The van der Waals surface area contributed by atoms with Crippen molar-refractivity contribution < 1.29 is 0 Å². The number of nitrogens with two attached hydrogens (primary N) is 2. The van der Waals surface area contributed by atoms with Crippen molar-refractivity contribution in [2.45, 2.75) is 0 Å². The van der Waals surface area contributed by atoms with Crippen LogP contribution in [0.1, 0.15) is 5.82 Å². The Labute approximate surface area is 58.6 Å². The Bertz CT molecular complexity index is 236. The SMILES string of the molecule is C=Cc1nc(N)cc(N)n1. The third kappa shape index (κ3) is 1.22. The molecule has 4 heteroatoms. The van der Waals surface area contributed by atoms with Crippen LogP contribution in [-0.2, 0) is 0 Å². The molecule has 1 aromatic heterocycles. The van der Waals surface area contributed by atoms with Crippen molar-refractivity contribution in [2.75, 3.05) is 11.5 Å². The minimum atomic E-state index is 0.363. The van der Waals surface area contributed by atoms with Crippen LogP contribution in [0.4, 0.5) is 11.6 Å². The molecule has 0 aliphatic heterocycles. The van der Waals surface area contributed by atoms with E-state index in [-0.39, 0.29) is 0 Å². The van der Waals surface area contributed by atoms with E-state index < -0.39 is 0 Å². The van der Waals surface area contributed by atoms with Gasteiger partial charge in [-0.15, -0.1) is 0 Å². The van der Waals surface area contributed by atoms with Crippen LogP contribution in [0, 0.1) is 0 Å². The number of aromatic nitrogens is 2. The van der Waals surface area contributed by atoms with Crippen LogP contribution >= 0.6 is 0 Å². The molecule has 0 radical (unpaired) electrons. The molecule has 1 rings (SSSR count). The van der Waals surface area contributed by atoms with E-state index >= 15 is 0 Å². The molecule has 0 unspecified atom stereocenters. The van der Waals surface area contributed by atoms with Gasteiger partial charge in [-0.3, -0.25) is 0 Å². The molecule has 0 saturated carbocycles. The zero-order chi connectivity index (χ0) is 7.56. The van der Waals surface area contributed by atoms with Crippen molar-refractivity contribution in [3.8, 4) is 0 Å². The van der Waals surface area contributed by atoms with Crippen LogP contribution in [0.2, 0.25) is 0 Å². The highest BCUT2D eigenvalue weighted by atomic mass is 15.0. The summed E-state index contributed by atoms with van der Waals surface area (Å²) in [7, 11) is 0. The van der Waals surface area contributed by atoms with Crippen molar-refractivity contribution >= 4 is 17.7 Å². The summed E-state index contributed by atoms with van der Waals surface area (Å²) < 4.78 is 0. The Balaban J connectivity index is 3.18. The van der Waals surface area contributed by atoms with Gasteiger partial charge in [0.05, 0.1) is 0 Å². The topological polar surface area (TPSA) is 77.8 Å². The first kappa shape index (κ1) is 6.54. The molecule has 0 fully saturated rings. The maximum absolute atomic E-state index is 5.36. The van der Waals surface area contributed by atoms with Gasteiger partial charge in [0.1, 0.15) is 11.6 Å². The van der Waals surface area contributed by atoms with Crippen LogP contribution in [0.5, 0.6) is 0 Å². The van der Waals surface area contributed by atoms with Gasteiger partial charge in [-0.25, -0.2) is 9.97 Å². The maximum Gasteiger partial charge on any atom is 0.156 e. The first-order chi connectivity index (χ1) is 4.72. The second-order valence-electron chi connectivity index (χ2n) is 1.78. The molecule has 0 aliphatic carbocycles. The molecular formula is C6H8N4. The zero-order valence-electron chi connectivity index (χ0n) is 5.41. The summed E-state index contributed by atoms with van der Waals surface area (Å²) in [5, 5.41) is 0. The Morgan fingerprint density at radius 1 is 1.30 bits per heavy atom. The molecule has 0 atom stereocenters. The largest absolute Gasteiger partial charge is 0.384 e. The zero-order valence-corrected chi connectivity index (χ0v) is 5.41. The number of hydrogen-bond donors (Lipinski definition) is 2. The highest BCUT2D eigenvalue weighted by Crippen LogP contribution is 2.03. The fourth-order valence-electron chi connectivity index (χ4n) is 0.597. The lowest BCUT2D eigenvalue weighted by molar-refractivity contribution is 1.15. The molecule has 4 nitrogen and oxygen atoms in total. The van der Waals surface area contributed by atoms with Gasteiger partial charge in [-0.05, 0) is 6.08 Å². The van der Waals surface area contributed by atoms with Gasteiger partial charge in [0.25, 0.3) is 0 Å². The first-order valence-corrected chi connectivity index (χ1v) is 2.75. The fourth-order valence-corrected chi connectivity index (χ4v) is 0.597. The number of hydrogen-bond acceptors (Lipinski definition) is 4. The van der Waals surface area contributed by atoms with E-state index in [0.29, 0.717) is 17.5 Å². The summed E-state index contributed by atoms with van der Waals surface area (Å²) in [6, 6.07) is 1.49. The number of anilines is 2. The van der Waals surface area contributed by atoms with Crippen LogP contribution in [-0.4, -0.2) is 9.97 Å². The molecule has 1 heterocycles. The Morgan fingerprint density at radius 2 is 1.80 bits per heavy atom. The summed E-state index contributed by atoms with van der Waals surface area (Å²) >= 11 is 0. The molecule has 1 aromatic rings. The molecule has 4 N–H and O–H groups in total. The molecule has 52 valence electrons. The number of rotatable bonds is 1. The Hall–Kier alpha value is -1.58. The molecule has 0 amide bonds. The van der Waals surface area contributed by atoms with Gasteiger partial charge in [-0.2, -0.15) is 0 Å². The monoisotopic (exact) mass is 136 g/mol. The van der Waals surface area contributed by atoms with E-state index in [4.69, 9.17) is 11.5 Å². The molecule has 10 heavy (non-hydrogen) atoms. The van der Waals surface area contributed by atoms with Gasteiger partial charge in [0.15, 0.2) is 5.82 Å². The van der Waals surface area contributed by atoms with E-state index in [9.17, 15) is 0 Å². The van der Waals surface area contributed by atoms with Crippen molar-refractivity contribution in [1.82, 2.24) is 9.97 Å². The number of nitrogens with zero attached hydrogens (tertiary/aromatic N) is 2. The summed E-state index contributed by atoms with van der Waals surface area (Å²) in [5.41, 5.74) is 10.7. The second kappa shape index (κ2) is 2.34. The van der Waals surface area contributed by atoms with E-state index in [2.05, 4.69) is 16.5 Å². The average molecular weight is 136 g/mol. The summed E-state index contributed by atoms with van der Waals surface area (Å²) in [5.74, 6) is 1.18. The van der Waals surface area contributed by atoms with Crippen LogP contribution in [0.15, 0.2) is 12.6 Å². The van der Waals surface area contributed by atoms with E-state index in [0.717, 1.165) is 0 Å². The molecule has 0 aromatic carbocycles. The third-order valence-electron chi connectivity index (χ3n) is 0.966. The van der Waals surface area contributed by atoms with E-state index in [1.54, 1.807) is 0 Å². The molecule has 0 bridgehead atoms. The third-order valence-corrected chi connectivity index (χ3v) is 0.966. The smallest absolute Gasteiger partial charge is 0.156 e. The van der Waals surface area contributed by atoms with Gasteiger partial charge in [-0.1, -0.05) is 6.58 Å². The summed E-state index contributed by atoms with van der Waals surface area (Å²) in [6.07, 6.45) is 1.49. The standard InChI is InChI=1S/C6H8N4/c1-2-6-9-4(7)3-5(8)10-6/h2-3H,1H2,(H4,7,8,9,10). The quantitative estimate of drug-likeness (QED) is 0.581. The lowest BCUT2D eigenvalue weighted by Gasteiger charge is -1.95. The van der Waals surface area contributed by atoms with Crippen LogP contribution < -0.4 is 11.5 Å². The predicted octanol–water partition coefficient (Wildman–Crippen LogP) is 0.284. The fraction of sp³-hybridized carbons (Fsp3) is 0. The second-order valence-corrected chi connectivity index (χ2v) is 1.78. The lowest BCUT2D eigenvalue weighted by atomic mass is 10.5. The normalized spacial score (nSPS) is 9.20. The van der Waals surface area contributed by atoms with Gasteiger partial charge < -0.3 is 11.5 Å². The van der Waals surface area contributed by atoms with E-state index in [1.807, 2.05) is 0 Å². The van der Waals surface area contributed by atoms with Gasteiger partial charge in [0.2, 0.25) is 0 Å².